The van der Waals surface area contributed by atoms with Crippen LogP contribution in [-0.2, 0) is 6.54 Å². The van der Waals surface area contributed by atoms with Crippen LogP contribution in [0.15, 0.2) is 24.4 Å². The SMILES string of the molecule is NCc1ccc(Cl)c2[nH]ccc12. The van der Waals surface area contributed by atoms with Crippen LogP contribution in [0.1, 0.15) is 5.56 Å². The van der Waals surface area contributed by atoms with Gasteiger partial charge in [0.2, 0.25) is 0 Å². The topological polar surface area (TPSA) is 41.8 Å². The van der Waals surface area contributed by atoms with Crippen molar-refractivity contribution >= 4 is 22.5 Å². The molecule has 1 aromatic heterocycles. The first-order valence-corrected chi connectivity index (χ1v) is 4.15. The first-order chi connectivity index (χ1) is 5.83. The molecule has 0 amide bonds. The van der Waals surface area contributed by atoms with Gasteiger partial charge in [0, 0.05) is 18.1 Å². The monoisotopic (exact) mass is 180 g/mol. The molecule has 1 aromatic carbocycles. The van der Waals surface area contributed by atoms with Crippen molar-refractivity contribution in [3.8, 4) is 0 Å². The average Bonchev–Trinajstić information content (AvgIpc) is 2.54. The molecule has 2 rings (SSSR count). The predicted molar refractivity (Wildman–Crippen MR) is 51.2 cm³/mol. The van der Waals surface area contributed by atoms with Crippen LogP contribution >= 0.6 is 11.6 Å². The van der Waals surface area contributed by atoms with E-state index in [-0.39, 0.29) is 0 Å². The number of halogens is 1. The van der Waals surface area contributed by atoms with E-state index in [4.69, 9.17) is 17.3 Å². The summed E-state index contributed by atoms with van der Waals surface area (Å²) in [6, 6.07) is 5.81. The maximum Gasteiger partial charge on any atom is 0.0647 e. The summed E-state index contributed by atoms with van der Waals surface area (Å²) in [7, 11) is 0. The zero-order chi connectivity index (χ0) is 8.55. The highest BCUT2D eigenvalue weighted by molar-refractivity contribution is 6.35. The van der Waals surface area contributed by atoms with Gasteiger partial charge in [-0.1, -0.05) is 17.7 Å². The highest BCUT2D eigenvalue weighted by Gasteiger charge is 2.03. The second kappa shape index (κ2) is 2.81. The van der Waals surface area contributed by atoms with E-state index in [1.54, 1.807) is 0 Å². The molecule has 0 aliphatic carbocycles. The van der Waals surface area contributed by atoms with Crippen LogP contribution in [0.3, 0.4) is 0 Å². The summed E-state index contributed by atoms with van der Waals surface area (Å²) in [4.78, 5) is 3.08. The molecule has 0 fully saturated rings. The number of nitrogens with one attached hydrogen (secondary N) is 1. The standard InChI is InChI=1S/C9H9ClN2/c10-8-2-1-6(5-11)7-3-4-12-9(7)8/h1-4,12H,5,11H2. The lowest BCUT2D eigenvalue weighted by molar-refractivity contribution is 1.09. The Labute approximate surface area is 75.3 Å². The van der Waals surface area contributed by atoms with Gasteiger partial charge in [-0.15, -0.1) is 0 Å². The molecule has 0 saturated heterocycles. The van der Waals surface area contributed by atoms with Crippen molar-refractivity contribution < 1.29 is 0 Å². The van der Waals surface area contributed by atoms with Crippen molar-refractivity contribution in [2.75, 3.05) is 0 Å². The molecule has 12 heavy (non-hydrogen) atoms. The molecule has 3 heteroatoms. The van der Waals surface area contributed by atoms with Crippen LogP contribution in [-0.4, -0.2) is 4.98 Å². The zero-order valence-electron chi connectivity index (χ0n) is 6.47. The van der Waals surface area contributed by atoms with Crippen LogP contribution in [0.5, 0.6) is 0 Å². The van der Waals surface area contributed by atoms with Gasteiger partial charge < -0.3 is 10.7 Å². The lowest BCUT2D eigenvalue weighted by Gasteiger charge is -2.00. The van der Waals surface area contributed by atoms with E-state index >= 15 is 0 Å². The third-order valence-electron chi connectivity index (χ3n) is 1.98. The minimum Gasteiger partial charge on any atom is -0.360 e. The predicted octanol–water partition coefficient (Wildman–Crippen LogP) is 2.28. The largest absolute Gasteiger partial charge is 0.360 e. The van der Waals surface area contributed by atoms with Crippen molar-refractivity contribution in [3.63, 3.8) is 0 Å². The van der Waals surface area contributed by atoms with E-state index in [2.05, 4.69) is 4.98 Å². The summed E-state index contributed by atoms with van der Waals surface area (Å²) in [5.74, 6) is 0. The Bertz CT molecular complexity index is 406. The minimum absolute atomic E-state index is 0.547. The normalized spacial score (nSPS) is 10.8. The van der Waals surface area contributed by atoms with Crippen molar-refractivity contribution in [1.82, 2.24) is 4.98 Å². The summed E-state index contributed by atoms with van der Waals surface area (Å²) in [5.41, 5.74) is 7.66. The van der Waals surface area contributed by atoms with Gasteiger partial charge in [-0.3, -0.25) is 0 Å². The maximum atomic E-state index is 5.96. The summed E-state index contributed by atoms with van der Waals surface area (Å²) >= 11 is 5.96. The van der Waals surface area contributed by atoms with E-state index < -0.39 is 0 Å². The van der Waals surface area contributed by atoms with Crippen molar-refractivity contribution in [1.29, 1.82) is 0 Å². The average molecular weight is 181 g/mol. The Morgan fingerprint density at radius 3 is 2.92 bits per heavy atom. The molecule has 2 nitrogen and oxygen atoms in total. The number of rotatable bonds is 1. The molecule has 2 aromatic rings. The van der Waals surface area contributed by atoms with Gasteiger partial charge in [0.05, 0.1) is 10.5 Å². The molecule has 0 saturated carbocycles. The Balaban J connectivity index is 2.82. The van der Waals surface area contributed by atoms with Crippen molar-refractivity contribution in [3.05, 3.63) is 35.0 Å². The number of fused-ring (bicyclic) bond motifs is 1. The fourth-order valence-corrected chi connectivity index (χ4v) is 1.58. The Morgan fingerprint density at radius 2 is 2.17 bits per heavy atom. The van der Waals surface area contributed by atoms with Gasteiger partial charge in [0.25, 0.3) is 0 Å². The Hall–Kier alpha value is -0.990. The van der Waals surface area contributed by atoms with Gasteiger partial charge in [-0.2, -0.15) is 0 Å². The van der Waals surface area contributed by atoms with Crippen LogP contribution < -0.4 is 5.73 Å². The number of hydrogen-bond donors (Lipinski definition) is 2. The number of nitrogens with two attached hydrogens (primary N) is 1. The third kappa shape index (κ3) is 1.00. The third-order valence-corrected chi connectivity index (χ3v) is 2.30. The van der Waals surface area contributed by atoms with Gasteiger partial charge in [-0.25, -0.2) is 0 Å². The highest BCUT2D eigenvalue weighted by atomic mass is 35.5. The van der Waals surface area contributed by atoms with Crippen LogP contribution in [0.4, 0.5) is 0 Å². The molecule has 62 valence electrons. The van der Waals surface area contributed by atoms with E-state index in [1.807, 2.05) is 24.4 Å². The van der Waals surface area contributed by atoms with Crippen molar-refractivity contribution in [2.45, 2.75) is 6.54 Å². The van der Waals surface area contributed by atoms with E-state index in [9.17, 15) is 0 Å². The smallest absolute Gasteiger partial charge is 0.0647 e. The first-order valence-electron chi connectivity index (χ1n) is 3.77. The number of hydrogen-bond acceptors (Lipinski definition) is 1. The summed E-state index contributed by atoms with van der Waals surface area (Å²) in [6.07, 6.45) is 1.87. The Morgan fingerprint density at radius 1 is 1.33 bits per heavy atom. The second-order valence-electron chi connectivity index (χ2n) is 2.68. The minimum atomic E-state index is 0.547. The van der Waals surface area contributed by atoms with Crippen LogP contribution in [0, 0.1) is 0 Å². The maximum absolute atomic E-state index is 5.96. The molecule has 0 bridgehead atoms. The number of benzene rings is 1. The molecule has 0 atom stereocenters. The number of H-pyrrole nitrogens is 1. The fraction of sp³-hybridized carbons (Fsp3) is 0.111. The Kier molecular flexibility index (Phi) is 1.79. The molecular formula is C9H9ClN2. The molecule has 1 heterocycles. The molecule has 0 aliphatic heterocycles. The lowest BCUT2D eigenvalue weighted by atomic mass is 10.1. The first kappa shape index (κ1) is 7.65. The second-order valence-corrected chi connectivity index (χ2v) is 3.08. The zero-order valence-corrected chi connectivity index (χ0v) is 7.23. The van der Waals surface area contributed by atoms with E-state index in [0.29, 0.717) is 6.54 Å². The molecular weight excluding hydrogens is 172 g/mol. The van der Waals surface area contributed by atoms with E-state index in [1.165, 1.54) is 0 Å². The summed E-state index contributed by atoms with van der Waals surface area (Å²) in [5, 5.41) is 1.86. The molecule has 0 spiro atoms. The quantitative estimate of drug-likeness (QED) is 0.695. The van der Waals surface area contributed by atoms with Crippen LogP contribution in [0.2, 0.25) is 5.02 Å². The number of aromatic nitrogens is 1. The number of aromatic amines is 1. The lowest BCUT2D eigenvalue weighted by Crippen LogP contribution is -1.96. The molecule has 0 unspecified atom stereocenters. The molecule has 0 radical (unpaired) electrons. The summed E-state index contributed by atoms with van der Waals surface area (Å²) < 4.78 is 0. The van der Waals surface area contributed by atoms with Gasteiger partial charge in [0.15, 0.2) is 0 Å². The molecule has 0 aliphatic rings. The highest BCUT2D eigenvalue weighted by Crippen LogP contribution is 2.24. The summed E-state index contributed by atoms with van der Waals surface area (Å²) in [6.45, 7) is 0.547. The van der Waals surface area contributed by atoms with Gasteiger partial charge >= 0.3 is 0 Å². The molecule has 3 N–H and O–H groups in total. The van der Waals surface area contributed by atoms with E-state index in [0.717, 1.165) is 21.5 Å². The van der Waals surface area contributed by atoms with Gasteiger partial charge in [0.1, 0.15) is 0 Å². The van der Waals surface area contributed by atoms with Crippen LogP contribution in [0.25, 0.3) is 10.9 Å². The van der Waals surface area contributed by atoms with Crippen molar-refractivity contribution in [2.24, 2.45) is 5.73 Å². The van der Waals surface area contributed by atoms with Gasteiger partial charge in [-0.05, 0) is 17.7 Å². The fourth-order valence-electron chi connectivity index (χ4n) is 1.36.